The van der Waals surface area contributed by atoms with Crippen molar-refractivity contribution < 1.29 is 33.0 Å². The van der Waals surface area contributed by atoms with Crippen LogP contribution in [-0.4, -0.2) is 34.6 Å². The van der Waals surface area contributed by atoms with Crippen LogP contribution in [0.5, 0.6) is 11.5 Å². The lowest BCUT2D eigenvalue weighted by molar-refractivity contribution is -0.0402. The fraction of sp³-hybridized carbons (Fsp3) is 0.536. The molecule has 3 aliphatic carbocycles. The Morgan fingerprint density at radius 1 is 1.08 bits per heavy atom. The van der Waals surface area contributed by atoms with Crippen molar-refractivity contribution in [2.75, 3.05) is 7.11 Å². The molecule has 0 amide bonds. The van der Waals surface area contributed by atoms with E-state index in [4.69, 9.17) is 9.57 Å². The molecule has 0 aromatic heterocycles. The average Bonchev–Trinajstić information content (AvgIpc) is 3.14. The van der Waals surface area contributed by atoms with Crippen LogP contribution in [0.15, 0.2) is 46.4 Å². The number of nitrogens with zero attached hydrogens (tertiary/aromatic N) is 1. The number of oxime groups is 1. The first-order valence-corrected chi connectivity index (χ1v) is 13.4. The van der Waals surface area contributed by atoms with Gasteiger partial charge in [0.1, 0.15) is 6.61 Å². The van der Waals surface area contributed by atoms with Gasteiger partial charge >= 0.3 is 5.51 Å². The molecule has 9 heteroatoms. The molecule has 0 saturated heterocycles. The molecule has 0 unspecified atom stereocenters. The van der Waals surface area contributed by atoms with Crippen molar-refractivity contribution in [3.05, 3.63) is 53.1 Å². The number of benzene rings is 2. The van der Waals surface area contributed by atoms with Crippen LogP contribution in [0.2, 0.25) is 0 Å². The van der Waals surface area contributed by atoms with Gasteiger partial charge in [-0.2, -0.15) is 13.2 Å². The maximum atomic E-state index is 12.6. The molecule has 0 spiro atoms. The van der Waals surface area contributed by atoms with Gasteiger partial charge in [0.2, 0.25) is 0 Å². The van der Waals surface area contributed by atoms with Crippen LogP contribution in [0.4, 0.5) is 13.2 Å². The molecule has 0 bridgehead atoms. The first-order valence-electron chi connectivity index (χ1n) is 12.6. The van der Waals surface area contributed by atoms with Crippen molar-refractivity contribution in [1.82, 2.24) is 0 Å². The standard InChI is InChI=1S/C28H32F3NO4S/c1-26-10-11-27(2)19(8-9-25(27)34)21(26)13-22(18-12-23(33)24(35-3)14-20(18)26)32-36-15-16-4-6-17(7-5-16)37-28(29,30)31/h4-7,12,14,19,21,25,33-34H,8-11,13,15H2,1-3H3/b32-22+/t19-,21-,25-,26+,27-/m0/s1. The number of hydrogen-bond donors (Lipinski definition) is 2. The van der Waals surface area contributed by atoms with E-state index < -0.39 is 5.51 Å². The van der Waals surface area contributed by atoms with Crippen molar-refractivity contribution in [1.29, 1.82) is 0 Å². The number of fused-ring (bicyclic) bond motifs is 5. The summed E-state index contributed by atoms with van der Waals surface area (Å²) in [6, 6.07) is 9.65. The third kappa shape index (κ3) is 4.69. The number of phenolic OH excluding ortho intramolecular Hbond substituents is 1. The van der Waals surface area contributed by atoms with E-state index in [1.54, 1.807) is 18.2 Å². The van der Waals surface area contributed by atoms with Gasteiger partial charge in [-0.05, 0) is 102 Å². The number of alkyl halides is 3. The highest BCUT2D eigenvalue weighted by molar-refractivity contribution is 8.00. The van der Waals surface area contributed by atoms with Crippen molar-refractivity contribution in [2.24, 2.45) is 22.4 Å². The van der Waals surface area contributed by atoms with Crippen LogP contribution >= 0.6 is 11.8 Å². The number of aliphatic hydroxyl groups is 1. The zero-order valence-corrected chi connectivity index (χ0v) is 22.0. The normalized spacial score (nSPS) is 32.0. The molecule has 200 valence electrons. The molecule has 5 rings (SSSR count). The van der Waals surface area contributed by atoms with Crippen LogP contribution in [0, 0.1) is 17.3 Å². The molecule has 2 aromatic rings. The molecule has 0 radical (unpaired) electrons. The Kier molecular flexibility index (Phi) is 6.67. The third-order valence-electron chi connectivity index (χ3n) is 9.07. The molecule has 37 heavy (non-hydrogen) atoms. The smallest absolute Gasteiger partial charge is 0.446 e. The number of thioether (sulfide) groups is 1. The Bertz CT molecular complexity index is 1200. The molecule has 0 aliphatic heterocycles. The second-order valence-corrected chi connectivity index (χ2v) is 12.1. The molecule has 3 aliphatic rings. The van der Waals surface area contributed by atoms with Crippen molar-refractivity contribution in [2.45, 2.75) is 74.5 Å². The van der Waals surface area contributed by atoms with Gasteiger partial charge < -0.3 is 19.8 Å². The van der Waals surface area contributed by atoms with Gasteiger partial charge in [-0.25, -0.2) is 0 Å². The van der Waals surface area contributed by atoms with Gasteiger partial charge in [-0.3, -0.25) is 0 Å². The van der Waals surface area contributed by atoms with Crippen LogP contribution < -0.4 is 4.74 Å². The maximum absolute atomic E-state index is 12.6. The summed E-state index contributed by atoms with van der Waals surface area (Å²) in [6.45, 7) is 4.59. The maximum Gasteiger partial charge on any atom is 0.446 e. The lowest BCUT2D eigenvalue weighted by Gasteiger charge is -2.55. The fourth-order valence-corrected chi connectivity index (χ4v) is 7.48. The Labute approximate surface area is 219 Å². The number of methoxy groups -OCH3 is 1. The van der Waals surface area contributed by atoms with Crippen molar-refractivity contribution in [3.8, 4) is 11.5 Å². The van der Waals surface area contributed by atoms with E-state index in [-0.39, 0.29) is 51.9 Å². The second kappa shape index (κ2) is 9.42. The highest BCUT2D eigenvalue weighted by Gasteiger charge is 2.59. The molecule has 2 N–H and O–H groups in total. The number of phenols is 1. The highest BCUT2D eigenvalue weighted by atomic mass is 32.2. The van der Waals surface area contributed by atoms with Crippen LogP contribution in [0.25, 0.3) is 0 Å². The summed E-state index contributed by atoms with van der Waals surface area (Å²) in [5.41, 5.74) is -1.29. The molecule has 2 saturated carbocycles. The topological polar surface area (TPSA) is 71.3 Å². The number of rotatable bonds is 5. The summed E-state index contributed by atoms with van der Waals surface area (Å²) in [6.07, 6.45) is 3.94. The van der Waals surface area contributed by atoms with Gasteiger partial charge in [0.05, 0.1) is 18.9 Å². The van der Waals surface area contributed by atoms with Gasteiger partial charge in [0.25, 0.3) is 0 Å². The zero-order chi connectivity index (χ0) is 26.6. The second-order valence-electron chi connectivity index (χ2n) is 11.0. The molecule has 2 fully saturated rings. The number of ether oxygens (including phenoxy) is 1. The molecule has 0 heterocycles. The number of aliphatic hydroxyl groups excluding tert-OH is 1. The van der Waals surface area contributed by atoms with E-state index in [1.165, 1.54) is 19.2 Å². The SMILES string of the molecule is COc1cc2c(cc1O)/C(=N/OCc1ccc(SC(F)(F)F)cc1)C[C@H]1[C@@H]3CC[C@H](O)[C@@]3(C)CC[C@]21C. The van der Waals surface area contributed by atoms with E-state index in [0.29, 0.717) is 23.7 Å². The molecule has 5 nitrogen and oxygen atoms in total. The predicted molar refractivity (Wildman–Crippen MR) is 136 cm³/mol. The summed E-state index contributed by atoms with van der Waals surface area (Å²) in [5, 5.41) is 25.9. The van der Waals surface area contributed by atoms with Gasteiger partial charge in [-0.1, -0.05) is 31.1 Å². The number of halogens is 3. The van der Waals surface area contributed by atoms with E-state index in [1.807, 2.05) is 6.07 Å². The minimum Gasteiger partial charge on any atom is -0.504 e. The Balaban J connectivity index is 1.44. The third-order valence-corrected chi connectivity index (χ3v) is 9.81. The van der Waals surface area contributed by atoms with Gasteiger partial charge in [0, 0.05) is 10.5 Å². The monoisotopic (exact) mass is 535 g/mol. The van der Waals surface area contributed by atoms with E-state index in [2.05, 4.69) is 19.0 Å². The number of aromatic hydroxyl groups is 1. The minimum atomic E-state index is -4.33. The predicted octanol–water partition coefficient (Wildman–Crippen LogP) is 6.78. The van der Waals surface area contributed by atoms with Crippen LogP contribution in [0.3, 0.4) is 0 Å². The van der Waals surface area contributed by atoms with Crippen molar-refractivity contribution >= 4 is 17.5 Å². The quantitative estimate of drug-likeness (QED) is 0.326. The first kappa shape index (κ1) is 26.2. The Morgan fingerprint density at radius 2 is 1.81 bits per heavy atom. The summed E-state index contributed by atoms with van der Waals surface area (Å²) in [5.74, 6) is 1.02. The largest absolute Gasteiger partial charge is 0.504 e. The van der Waals surface area contributed by atoms with E-state index in [0.717, 1.165) is 42.5 Å². The van der Waals surface area contributed by atoms with Gasteiger partial charge in [-0.15, -0.1) is 0 Å². The molecule has 5 atom stereocenters. The molecular formula is C28H32F3NO4S. The summed E-state index contributed by atoms with van der Waals surface area (Å²) >= 11 is -0.150. The van der Waals surface area contributed by atoms with Crippen LogP contribution in [0.1, 0.15) is 62.6 Å². The average molecular weight is 536 g/mol. The zero-order valence-electron chi connectivity index (χ0n) is 21.1. The van der Waals surface area contributed by atoms with Crippen LogP contribution in [-0.2, 0) is 16.9 Å². The fourth-order valence-electron chi connectivity index (χ4n) is 6.94. The van der Waals surface area contributed by atoms with Gasteiger partial charge in [0.15, 0.2) is 11.5 Å². The minimum absolute atomic E-state index is 0.0330. The summed E-state index contributed by atoms with van der Waals surface area (Å²) in [7, 11) is 1.53. The first-order chi connectivity index (χ1) is 17.4. The molecule has 2 aromatic carbocycles. The number of hydrogen-bond acceptors (Lipinski definition) is 6. The Hall–Kier alpha value is -2.39. The summed E-state index contributed by atoms with van der Waals surface area (Å²) in [4.78, 5) is 5.84. The molecular weight excluding hydrogens is 503 g/mol. The van der Waals surface area contributed by atoms with E-state index in [9.17, 15) is 23.4 Å². The summed E-state index contributed by atoms with van der Waals surface area (Å²) < 4.78 is 43.2. The van der Waals surface area contributed by atoms with Crippen molar-refractivity contribution in [3.63, 3.8) is 0 Å². The lowest BCUT2D eigenvalue weighted by atomic mass is 9.49. The van der Waals surface area contributed by atoms with E-state index >= 15 is 0 Å². The highest BCUT2D eigenvalue weighted by Crippen LogP contribution is 2.63. The Morgan fingerprint density at radius 3 is 2.49 bits per heavy atom. The lowest BCUT2D eigenvalue weighted by Crippen LogP contribution is -2.52.